The Morgan fingerprint density at radius 3 is 2.87 bits per heavy atom. The molecule has 1 unspecified atom stereocenters. The lowest BCUT2D eigenvalue weighted by Crippen LogP contribution is -2.15. The van der Waals surface area contributed by atoms with E-state index in [4.69, 9.17) is 9.26 Å². The highest BCUT2D eigenvalue weighted by Gasteiger charge is 2.22. The zero-order valence-corrected chi connectivity index (χ0v) is 10.4. The third-order valence-electron chi connectivity index (χ3n) is 2.67. The summed E-state index contributed by atoms with van der Waals surface area (Å²) in [6, 6.07) is 0. The lowest BCUT2D eigenvalue weighted by Gasteiger charge is -2.18. The minimum atomic E-state index is 0.179. The number of halogens is 1. The van der Waals surface area contributed by atoms with Crippen LogP contribution in [0.1, 0.15) is 48.6 Å². The van der Waals surface area contributed by atoms with Gasteiger partial charge in [-0.2, -0.15) is 4.98 Å². The van der Waals surface area contributed by atoms with Gasteiger partial charge in [-0.25, -0.2) is 0 Å². The Bertz CT molecular complexity index is 310. The average Bonchev–Trinajstić information content (AvgIpc) is 2.78. The fourth-order valence-corrected chi connectivity index (χ4v) is 1.86. The molecular weight excluding hydrogens is 260 g/mol. The molecule has 4 nitrogen and oxygen atoms in total. The second-order valence-electron chi connectivity index (χ2n) is 3.75. The Morgan fingerprint density at radius 2 is 2.20 bits per heavy atom. The van der Waals surface area contributed by atoms with Gasteiger partial charge < -0.3 is 9.26 Å². The summed E-state index contributed by atoms with van der Waals surface area (Å²) in [4.78, 5) is 4.60. The van der Waals surface area contributed by atoms with E-state index in [-0.39, 0.29) is 4.83 Å². The normalized spacial score (nSPS) is 20.4. The van der Waals surface area contributed by atoms with Crippen LogP contribution in [0.25, 0.3) is 0 Å². The van der Waals surface area contributed by atoms with Crippen molar-refractivity contribution in [2.75, 3.05) is 13.2 Å². The van der Waals surface area contributed by atoms with Gasteiger partial charge in [0.25, 0.3) is 0 Å². The van der Waals surface area contributed by atoms with Crippen LogP contribution in [0.15, 0.2) is 4.52 Å². The summed E-state index contributed by atoms with van der Waals surface area (Å²) in [5, 5.41) is 4.04. The van der Waals surface area contributed by atoms with Crippen LogP contribution in [-0.4, -0.2) is 23.4 Å². The second-order valence-corrected chi connectivity index (χ2v) is 4.86. The van der Waals surface area contributed by atoms with E-state index in [0.29, 0.717) is 11.8 Å². The number of nitrogens with zero attached hydrogens (tertiary/aromatic N) is 2. The molecular formula is C10H15BrN2O2. The van der Waals surface area contributed by atoms with Crippen LogP contribution in [0, 0.1) is 0 Å². The summed E-state index contributed by atoms with van der Waals surface area (Å²) >= 11 is 3.50. The maximum Gasteiger partial charge on any atom is 0.240 e. The minimum absolute atomic E-state index is 0.179. The highest BCUT2D eigenvalue weighted by Crippen LogP contribution is 2.28. The van der Waals surface area contributed by atoms with Crippen molar-refractivity contribution in [3.63, 3.8) is 0 Å². The Morgan fingerprint density at radius 1 is 1.47 bits per heavy atom. The van der Waals surface area contributed by atoms with Gasteiger partial charge in [-0.05, 0) is 19.3 Å². The Hall–Kier alpha value is -0.420. The van der Waals surface area contributed by atoms with E-state index < -0.39 is 0 Å². The first kappa shape index (κ1) is 11.1. The van der Waals surface area contributed by atoms with Crippen LogP contribution in [0.2, 0.25) is 0 Å². The van der Waals surface area contributed by atoms with Crippen LogP contribution in [0.3, 0.4) is 0 Å². The fourth-order valence-electron chi connectivity index (χ4n) is 1.67. The average molecular weight is 275 g/mol. The van der Waals surface area contributed by atoms with Crippen LogP contribution in [0.4, 0.5) is 0 Å². The van der Waals surface area contributed by atoms with Crippen molar-refractivity contribution < 1.29 is 9.26 Å². The third kappa shape index (κ3) is 2.58. The molecule has 1 aromatic rings. The molecule has 1 saturated heterocycles. The number of rotatable bonds is 3. The van der Waals surface area contributed by atoms with Crippen molar-refractivity contribution in [1.29, 1.82) is 0 Å². The molecule has 0 N–H and O–H groups in total. The van der Waals surface area contributed by atoms with Gasteiger partial charge >= 0.3 is 0 Å². The molecule has 1 aliphatic rings. The molecule has 5 heteroatoms. The number of hydrogen-bond donors (Lipinski definition) is 0. The van der Waals surface area contributed by atoms with Crippen LogP contribution < -0.4 is 0 Å². The first-order valence-corrected chi connectivity index (χ1v) is 6.28. The quantitative estimate of drug-likeness (QED) is 0.796. The van der Waals surface area contributed by atoms with Crippen molar-refractivity contribution in [2.45, 2.75) is 36.9 Å². The number of hydrogen-bond acceptors (Lipinski definition) is 4. The molecule has 0 bridgehead atoms. The highest BCUT2D eigenvalue weighted by molar-refractivity contribution is 9.09. The van der Waals surface area contributed by atoms with E-state index in [1.807, 2.05) is 0 Å². The summed E-state index contributed by atoms with van der Waals surface area (Å²) in [7, 11) is 0. The molecule has 0 spiro atoms. The van der Waals surface area contributed by atoms with Crippen molar-refractivity contribution in [3.8, 4) is 0 Å². The Balaban J connectivity index is 2.05. The molecule has 1 aliphatic heterocycles. The van der Waals surface area contributed by atoms with E-state index in [0.717, 1.165) is 38.3 Å². The van der Waals surface area contributed by atoms with E-state index >= 15 is 0 Å². The van der Waals surface area contributed by atoms with Crippen molar-refractivity contribution in [1.82, 2.24) is 10.1 Å². The minimum Gasteiger partial charge on any atom is -0.381 e. The Kier molecular flexibility index (Phi) is 3.75. The van der Waals surface area contributed by atoms with Gasteiger partial charge in [-0.1, -0.05) is 28.0 Å². The van der Waals surface area contributed by atoms with Gasteiger partial charge in [0.05, 0.1) is 4.83 Å². The zero-order valence-electron chi connectivity index (χ0n) is 8.78. The van der Waals surface area contributed by atoms with E-state index in [2.05, 4.69) is 33.0 Å². The fraction of sp³-hybridized carbons (Fsp3) is 0.800. The molecule has 1 atom stereocenters. The van der Waals surface area contributed by atoms with Gasteiger partial charge in [-0.3, -0.25) is 0 Å². The van der Waals surface area contributed by atoms with Crippen LogP contribution >= 0.6 is 15.9 Å². The second kappa shape index (κ2) is 5.07. The van der Waals surface area contributed by atoms with Gasteiger partial charge in [0.1, 0.15) is 0 Å². The van der Waals surface area contributed by atoms with E-state index in [1.54, 1.807) is 0 Å². The maximum atomic E-state index is 5.30. The molecule has 15 heavy (non-hydrogen) atoms. The summed E-state index contributed by atoms with van der Waals surface area (Å²) in [5.74, 6) is 1.94. The van der Waals surface area contributed by atoms with Gasteiger partial charge in [0, 0.05) is 19.1 Å². The predicted molar refractivity (Wildman–Crippen MR) is 59.1 cm³/mol. The lowest BCUT2D eigenvalue weighted by molar-refractivity contribution is 0.0830. The molecule has 1 aromatic heterocycles. The smallest absolute Gasteiger partial charge is 0.240 e. The summed E-state index contributed by atoms with van der Waals surface area (Å²) in [5.41, 5.74) is 0. The highest BCUT2D eigenvalue weighted by atomic mass is 79.9. The van der Waals surface area contributed by atoms with Crippen molar-refractivity contribution in [2.24, 2.45) is 0 Å². The van der Waals surface area contributed by atoms with Crippen LogP contribution in [-0.2, 0) is 4.74 Å². The predicted octanol–water partition coefficient (Wildman–Crippen LogP) is 2.81. The lowest BCUT2D eigenvalue weighted by atomic mass is 10.00. The van der Waals surface area contributed by atoms with Crippen LogP contribution in [0.5, 0.6) is 0 Å². The van der Waals surface area contributed by atoms with Gasteiger partial charge in [0.15, 0.2) is 5.82 Å². The van der Waals surface area contributed by atoms with Gasteiger partial charge in [-0.15, -0.1) is 0 Å². The summed E-state index contributed by atoms with van der Waals surface area (Å²) in [6.45, 7) is 3.69. The zero-order chi connectivity index (χ0) is 10.7. The SMILES string of the molecule is CCC(Br)c1nc(C2CCOCC2)no1. The third-order valence-corrected chi connectivity index (χ3v) is 3.71. The molecule has 0 saturated carbocycles. The topological polar surface area (TPSA) is 48.2 Å². The molecule has 84 valence electrons. The number of aromatic nitrogens is 2. The number of ether oxygens (including phenoxy) is 1. The monoisotopic (exact) mass is 274 g/mol. The van der Waals surface area contributed by atoms with Gasteiger partial charge in [0.2, 0.25) is 5.89 Å². The molecule has 2 heterocycles. The molecule has 0 aromatic carbocycles. The molecule has 0 aliphatic carbocycles. The van der Waals surface area contributed by atoms with E-state index in [1.165, 1.54) is 0 Å². The van der Waals surface area contributed by atoms with Crippen molar-refractivity contribution in [3.05, 3.63) is 11.7 Å². The maximum absolute atomic E-state index is 5.30. The first-order valence-electron chi connectivity index (χ1n) is 5.36. The van der Waals surface area contributed by atoms with E-state index in [9.17, 15) is 0 Å². The van der Waals surface area contributed by atoms with Crippen molar-refractivity contribution >= 4 is 15.9 Å². The largest absolute Gasteiger partial charge is 0.381 e. The molecule has 0 amide bonds. The summed E-state index contributed by atoms with van der Waals surface area (Å²) < 4.78 is 10.5. The first-order chi connectivity index (χ1) is 7.31. The number of alkyl halides is 1. The molecule has 0 radical (unpaired) electrons. The summed E-state index contributed by atoms with van der Waals surface area (Å²) in [6.07, 6.45) is 2.95. The standard InChI is InChI=1S/C10H15BrN2O2/c1-2-8(11)10-12-9(13-15-10)7-3-5-14-6-4-7/h7-8H,2-6H2,1H3. The molecule has 1 fully saturated rings. The molecule has 2 rings (SSSR count). The Labute approximate surface area is 97.5 Å².